The summed E-state index contributed by atoms with van der Waals surface area (Å²) in [6.45, 7) is 1.91. The molecule has 1 saturated carbocycles. The van der Waals surface area contributed by atoms with E-state index in [-0.39, 0.29) is 11.6 Å². The van der Waals surface area contributed by atoms with Crippen LogP contribution in [0.3, 0.4) is 0 Å². The Balaban J connectivity index is 2.17. The fourth-order valence-corrected chi connectivity index (χ4v) is 1.83. The van der Waals surface area contributed by atoms with E-state index >= 15 is 0 Å². The van der Waals surface area contributed by atoms with Gasteiger partial charge in [0.1, 0.15) is 0 Å². The fourth-order valence-electron chi connectivity index (χ4n) is 1.83. The average molecular weight is 192 g/mol. The predicted molar refractivity (Wildman–Crippen MR) is 56.1 cm³/mol. The molecule has 0 saturated heterocycles. The van der Waals surface area contributed by atoms with Gasteiger partial charge in [0.15, 0.2) is 0 Å². The van der Waals surface area contributed by atoms with Crippen molar-refractivity contribution in [1.82, 2.24) is 4.98 Å². The molecule has 2 rings (SSSR count). The normalized spacial score (nSPS) is 18.1. The summed E-state index contributed by atoms with van der Waals surface area (Å²) in [4.78, 5) is 13.8. The Labute approximate surface area is 83.3 Å². The highest BCUT2D eigenvalue weighted by Gasteiger charge is 2.25. The van der Waals surface area contributed by atoms with Gasteiger partial charge in [-0.25, -0.2) is 0 Å². The lowest BCUT2D eigenvalue weighted by molar-refractivity contribution is 0.591. The monoisotopic (exact) mass is 192 g/mol. The van der Waals surface area contributed by atoms with E-state index in [2.05, 4.69) is 4.98 Å². The molecule has 3 nitrogen and oxygen atoms in total. The first-order chi connectivity index (χ1) is 6.66. The lowest BCUT2D eigenvalue weighted by atomic mass is 10.0. The Kier molecular flexibility index (Phi) is 2.42. The maximum Gasteiger partial charge on any atom is 0.248 e. The number of hydrogen-bond donors (Lipinski definition) is 2. The van der Waals surface area contributed by atoms with Crippen molar-refractivity contribution in [2.45, 2.75) is 32.2 Å². The minimum atomic E-state index is -0.0510. The minimum Gasteiger partial charge on any atom is -0.326 e. The molecule has 1 fully saturated rings. The fraction of sp³-hybridized carbons (Fsp3) is 0.545. The van der Waals surface area contributed by atoms with Crippen LogP contribution in [-0.4, -0.2) is 4.98 Å². The highest BCUT2D eigenvalue weighted by Crippen LogP contribution is 2.36. The molecule has 1 aromatic rings. The zero-order chi connectivity index (χ0) is 10.1. The van der Waals surface area contributed by atoms with Gasteiger partial charge in [-0.15, -0.1) is 0 Å². The molecule has 0 radical (unpaired) electrons. The van der Waals surface area contributed by atoms with Crippen LogP contribution in [-0.2, 0) is 0 Å². The largest absolute Gasteiger partial charge is 0.326 e. The molecular weight excluding hydrogens is 176 g/mol. The van der Waals surface area contributed by atoms with Crippen molar-refractivity contribution >= 4 is 0 Å². The third-order valence-corrected chi connectivity index (χ3v) is 2.84. The highest BCUT2D eigenvalue weighted by molar-refractivity contribution is 5.22. The van der Waals surface area contributed by atoms with Crippen LogP contribution in [0.15, 0.2) is 16.9 Å². The molecule has 0 amide bonds. The van der Waals surface area contributed by atoms with Gasteiger partial charge >= 0.3 is 0 Å². The lowest BCUT2D eigenvalue weighted by Crippen LogP contribution is -2.16. The number of aromatic nitrogens is 1. The Morgan fingerprint density at radius 3 is 2.86 bits per heavy atom. The Bertz CT molecular complexity index is 379. The van der Waals surface area contributed by atoms with Gasteiger partial charge in [0.05, 0.1) is 0 Å². The molecule has 3 N–H and O–H groups in total. The highest BCUT2D eigenvalue weighted by atomic mass is 16.1. The number of nitrogens with two attached hydrogens (primary N) is 1. The summed E-state index contributed by atoms with van der Waals surface area (Å²) >= 11 is 0. The second-order valence-electron chi connectivity index (χ2n) is 4.19. The van der Waals surface area contributed by atoms with Crippen LogP contribution in [0.2, 0.25) is 0 Å². The van der Waals surface area contributed by atoms with E-state index in [0.717, 1.165) is 23.6 Å². The summed E-state index contributed by atoms with van der Waals surface area (Å²) in [5.41, 5.74) is 8.00. The van der Waals surface area contributed by atoms with Crippen LogP contribution in [0.5, 0.6) is 0 Å². The van der Waals surface area contributed by atoms with Crippen LogP contribution in [0.1, 0.15) is 36.6 Å². The SMILES string of the molecule is Cc1[nH]c(=O)ccc1[C@@H](N)CC1CC1. The summed E-state index contributed by atoms with van der Waals surface area (Å²) in [6.07, 6.45) is 3.68. The molecule has 1 heterocycles. The van der Waals surface area contributed by atoms with Crippen molar-refractivity contribution in [3.63, 3.8) is 0 Å². The molecule has 1 aliphatic carbocycles. The van der Waals surface area contributed by atoms with Gasteiger partial charge in [0, 0.05) is 17.8 Å². The number of aromatic amines is 1. The van der Waals surface area contributed by atoms with E-state index in [9.17, 15) is 4.79 Å². The second-order valence-corrected chi connectivity index (χ2v) is 4.19. The Morgan fingerprint density at radius 1 is 1.57 bits per heavy atom. The summed E-state index contributed by atoms with van der Waals surface area (Å²) in [7, 11) is 0. The topological polar surface area (TPSA) is 58.9 Å². The quantitative estimate of drug-likeness (QED) is 0.762. The first-order valence-corrected chi connectivity index (χ1v) is 5.12. The molecule has 0 spiro atoms. The van der Waals surface area contributed by atoms with Gasteiger partial charge in [-0.3, -0.25) is 4.79 Å². The van der Waals surface area contributed by atoms with E-state index in [4.69, 9.17) is 5.73 Å². The summed E-state index contributed by atoms with van der Waals surface area (Å²) in [5, 5.41) is 0. The molecule has 1 aromatic heterocycles. The number of aryl methyl sites for hydroxylation is 1. The van der Waals surface area contributed by atoms with E-state index in [1.54, 1.807) is 6.07 Å². The van der Waals surface area contributed by atoms with Gasteiger partial charge in [-0.1, -0.05) is 18.9 Å². The van der Waals surface area contributed by atoms with E-state index < -0.39 is 0 Å². The minimum absolute atomic E-state index is 0.0510. The number of nitrogens with one attached hydrogen (secondary N) is 1. The second kappa shape index (κ2) is 3.58. The van der Waals surface area contributed by atoms with Crippen LogP contribution in [0, 0.1) is 12.8 Å². The van der Waals surface area contributed by atoms with E-state index in [0.29, 0.717) is 0 Å². The maximum absolute atomic E-state index is 11.0. The van der Waals surface area contributed by atoms with Gasteiger partial charge in [0.25, 0.3) is 0 Å². The molecule has 0 aliphatic heterocycles. The number of hydrogen-bond acceptors (Lipinski definition) is 2. The third-order valence-electron chi connectivity index (χ3n) is 2.84. The zero-order valence-corrected chi connectivity index (χ0v) is 8.42. The third kappa shape index (κ3) is 2.04. The van der Waals surface area contributed by atoms with Crippen molar-refractivity contribution in [3.05, 3.63) is 33.7 Å². The average Bonchev–Trinajstić information content (AvgIpc) is 2.87. The van der Waals surface area contributed by atoms with Crippen molar-refractivity contribution in [2.75, 3.05) is 0 Å². The van der Waals surface area contributed by atoms with E-state index in [1.807, 2.05) is 13.0 Å². The van der Waals surface area contributed by atoms with Gasteiger partial charge < -0.3 is 10.7 Å². The van der Waals surface area contributed by atoms with Crippen LogP contribution >= 0.6 is 0 Å². The zero-order valence-electron chi connectivity index (χ0n) is 8.42. The molecule has 0 bridgehead atoms. The smallest absolute Gasteiger partial charge is 0.248 e. The lowest BCUT2D eigenvalue weighted by Gasteiger charge is -2.13. The molecule has 1 atom stereocenters. The van der Waals surface area contributed by atoms with Crippen LogP contribution in [0.25, 0.3) is 0 Å². The first-order valence-electron chi connectivity index (χ1n) is 5.12. The molecule has 14 heavy (non-hydrogen) atoms. The predicted octanol–water partition coefficient (Wildman–Crippen LogP) is 1.48. The van der Waals surface area contributed by atoms with Crippen LogP contribution < -0.4 is 11.3 Å². The molecular formula is C11H16N2O. The van der Waals surface area contributed by atoms with Gasteiger partial charge in [0.2, 0.25) is 5.56 Å². The van der Waals surface area contributed by atoms with E-state index in [1.165, 1.54) is 12.8 Å². The maximum atomic E-state index is 11.0. The van der Waals surface area contributed by atoms with Gasteiger partial charge in [-0.05, 0) is 24.8 Å². The molecule has 1 aliphatic rings. The first kappa shape index (κ1) is 9.46. The Morgan fingerprint density at radius 2 is 2.29 bits per heavy atom. The summed E-state index contributed by atoms with van der Waals surface area (Å²) in [5.74, 6) is 0.816. The van der Waals surface area contributed by atoms with Crippen molar-refractivity contribution < 1.29 is 0 Å². The van der Waals surface area contributed by atoms with Gasteiger partial charge in [-0.2, -0.15) is 0 Å². The molecule has 76 valence electrons. The summed E-state index contributed by atoms with van der Waals surface area (Å²) < 4.78 is 0. The van der Waals surface area contributed by atoms with Crippen LogP contribution in [0.4, 0.5) is 0 Å². The summed E-state index contributed by atoms with van der Waals surface area (Å²) in [6, 6.07) is 3.48. The number of pyridine rings is 1. The molecule has 3 heteroatoms. The van der Waals surface area contributed by atoms with Crippen molar-refractivity contribution in [2.24, 2.45) is 11.7 Å². The molecule has 0 aromatic carbocycles. The number of H-pyrrole nitrogens is 1. The Hall–Kier alpha value is -1.09. The number of rotatable bonds is 3. The standard InChI is InChI=1S/C11H16N2O/c1-7-9(4-5-11(14)13-7)10(12)6-8-2-3-8/h4-5,8,10H,2-3,6,12H2,1H3,(H,13,14)/t10-/m0/s1. The molecule has 0 unspecified atom stereocenters. The van der Waals surface area contributed by atoms with Crippen molar-refractivity contribution in [3.8, 4) is 0 Å². The van der Waals surface area contributed by atoms with Crippen molar-refractivity contribution in [1.29, 1.82) is 0 Å².